The van der Waals surface area contributed by atoms with Crippen LogP contribution < -0.4 is 10.6 Å². The molecule has 0 atom stereocenters. The summed E-state index contributed by atoms with van der Waals surface area (Å²) in [4.78, 5) is 20.6. The Kier molecular flexibility index (Phi) is 5.81. The van der Waals surface area contributed by atoms with Crippen molar-refractivity contribution < 1.29 is 4.79 Å². The first-order valence-corrected chi connectivity index (χ1v) is 8.81. The van der Waals surface area contributed by atoms with Gasteiger partial charge in [0.25, 0.3) is 0 Å². The Morgan fingerprint density at radius 3 is 2.54 bits per heavy atom. The average molecular weight is 367 g/mol. The molecule has 2 N–H and O–H groups in total. The van der Waals surface area contributed by atoms with Crippen LogP contribution in [0.3, 0.4) is 0 Å². The summed E-state index contributed by atoms with van der Waals surface area (Å²) >= 11 is 5.59. The fourth-order valence-electron chi connectivity index (χ4n) is 2.52. The number of aryl methyl sites for hydroxylation is 1. The molecule has 0 bridgehead atoms. The molecule has 3 rings (SSSR count). The lowest BCUT2D eigenvalue weighted by molar-refractivity contribution is -0.115. The summed E-state index contributed by atoms with van der Waals surface area (Å²) in [5.41, 5.74) is 3.42. The standard InChI is InChI=1S/C20H19ClN4O/c1-14-22-18(15-6-3-2-4-7-15)13-19(23-14)24-16-8-5-9-17(12-16)25-20(26)10-11-21/h2-9,12-13H,10-11H2,1H3,(H,25,26)(H,22,23,24). The number of hydrogen-bond donors (Lipinski definition) is 2. The van der Waals surface area contributed by atoms with Gasteiger partial charge in [-0.1, -0.05) is 36.4 Å². The predicted molar refractivity (Wildman–Crippen MR) is 106 cm³/mol. The van der Waals surface area contributed by atoms with Crippen LogP contribution in [0.25, 0.3) is 11.3 Å². The molecule has 26 heavy (non-hydrogen) atoms. The van der Waals surface area contributed by atoms with Gasteiger partial charge in [-0.2, -0.15) is 0 Å². The second-order valence-electron chi connectivity index (χ2n) is 5.74. The first kappa shape index (κ1) is 17.9. The number of aromatic nitrogens is 2. The molecule has 0 unspecified atom stereocenters. The van der Waals surface area contributed by atoms with Crippen molar-refractivity contribution in [2.24, 2.45) is 0 Å². The molecule has 132 valence electrons. The zero-order chi connectivity index (χ0) is 18.4. The van der Waals surface area contributed by atoms with E-state index in [9.17, 15) is 4.79 Å². The lowest BCUT2D eigenvalue weighted by atomic mass is 10.1. The fourth-order valence-corrected chi connectivity index (χ4v) is 2.69. The van der Waals surface area contributed by atoms with Crippen LogP contribution >= 0.6 is 11.6 Å². The van der Waals surface area contributed by atoms with Gasteiger partial charge in [-0.15, -0.1) is 11.6 Å². The van der Waals surface area contributed by atoms with Gasteiger partial charge in [0, 0.05) is 35.3 Å². The van der Waals surface area contributed by atoms with Crippen molar-refractivity contribution in [1.29, 1.82) is 0 Å². The van der Waals surface area contributed by atoms with Crippen LogP contribution in [-0.2, 0) is 4.79 Å². The second-order valence-corrected chi connectivity index (χ2v) is 6.12. The molecule has 0 saturated heterocycles. The molecule has 0 saturated carbocycles. The topological polar surface area (TPSA) is 66.9 Å². The van der Waals surface area contributed by atoms with E-state index in [-0.39, 0.29) is 12.3 Å². The van der Waals surface area contributed by atoms with E-state index in [0.29, 0.717) is 23.2 Å². The number of benzene rings is 2. The van der Waals surface area contributed by atoms with Gasteiger partial charge in [0.2, 0.25) is 5.91 Å². The largest absolute Gasteiger partial charge is 0.340 e. The maximum absolute atomic E-state index is 11.7. The number of anilines is 3. The molecule has 0 aliphatic heterocycles. The second kappa shape index (κ2) is 8.45. The van der Waals surface area contributed by atoms with Crippen molar-refractivity contribution in [3.63, 3.8) is 0 Å². The highest BCUT2D eigenvalue weighted by Crippen LogP contribution is 2.23. The number of alkyl halides is 1. The van der Waals surface area contributed by atoms with E-state index in [1.807, 2.05) is 67.6 Å². The van der Waals surface area contributed by atoms with Crippen LogP contribution in [0.1, 0.15) is 12.2 Å². The fraction of sp³-hybridized carbons (Fsp3) is 0.150. The molecular weight excluding hydrogens is 348 g/mol. The van der Waals surface area contributed by atoms with Gasteiger partial charge in [0.05, 0.1) is 5.69 Å². The summed E-state index contributed by atoms with van der Waals surface area (Å²) in [6, 6.07) is 19.3. The Hall–Kier alpha value is -2.92. The van der Waals surface area contributed by atoms with Crippen molar-refractivity contribution >= 4 is 34.7 Å². The molecule has 0 radical (unpaired) electrons. The molecule has 1 heterocycles. The van der Waals surface area contributed by atoms with E-state index >= 15 is 0 Å². The number of carbonyl (C=O) groups excluding carboxylic acids is 1. The lowest BCUT2D eigenvalue weighted by Gasteiger charge is -2.11. The summed E-state index contributed by atoms with van der Waals surface area (Å²) in [5, 5.41) is 6.09. The number of hydrogen-bond acceptors (Lipinski definition) is 4. The van der Waals surface area contributed by atoms with E-state index in [2.05, 4.69) is 20.6 Å². The number of rotatable bonds is 6. The Labute approximate surface area is 157 Å². The minimum absolute atomic E-state index is 0.110. The molecule has 1 aromatic heterocycles. The third-order valence-electron chi connectivity index (χ3n) is 3.65. The van der Waals surface area contributed by atoms with Crippen molar-refractivity contribution in [3.8, 4) is 11.3 Å². The normalized spacial score (nSPS) is 10.4. The van der Waals surface area contributed by atoms with Gasteiger partial charge in [-0.3, -0.25) is 4.79 Å². The van der Waals surface area contributed by atoms with E-state index in [4.69, 9.17) is 11.6 Å². The number of carbonyl (C=O) groups is 1. The van der Waals surface area contributed by atoms with E-state index in [0.717, 1.165) is 16.9 Å². The molecule has 5 nitrogen and oxygen atoms in total. The van der Waals surface area contributed by atoms with Crippen LogP contribution in [0.15, 0.2) is 60.7 Å². The van der Waals surface area contributed by atoms with Crippen LogP contribution in [0, 0.1) is 6.92 Å². The predicted octanol–water partition coefficient (Wildman–Crippen LogP) is 4.76. The van der Waals surface area contributed by atoms with E-state index < -0.39 is 0 Å². The highest BCUT2D eigenvalue weighted by atomic mass is 35.5. The van der Waals surface area contributed by atoms with Gasteiger partial charge in [0.1, 0.15) is 11.6 Å². The molecular formula is C20H19ClN4O. The van der Waals surface area contributed by atoms with Gasteiger partial charge < -0.3 is 10.6 Å². The van der Waals surface area contributed by atoms with E-state index in [1.165, 1.54) is 0 Å². The lowest BCUT2D eigenvalue weighted by Crippen LogP contribution is -2.11. The van der Waals surface area contributed by atoms with Crippen molar-refractivity contribution in [2.45, 2.75) is 13.3 Å². The van der Waals surface area contributed by atoms with Crippen molar-refractivity contribution in [1.82, 2.24) is 9.97 Å². The van der Waals surface area contributed by atoms with Gasteiger partial charge in [0.15, 0.2) is 0 Å². The van der Waals surface area contributed by atoms with Gasteiger partial charge in [-0.05, 0) is 25.1 Å². The Morgan fingerprint density at radius 1 is 1.00 bits per heavy atom. The zero-order valence-electron chi connectivity index (χ0n) is 14.4. The van der Waals surface area contributed by atoms with Crippen molar-refractivity contribution in [2.75, 3.05) is 16.5 Å². The molecule has 3 aromatic rings. The molecule has 1 amide bonds. The summed E-state index contributed by atoms with van der Waals surface area (Å²) in [6.45, 7) is 1.86. The van der Waals surface area contributed by atoms with Crippen LogP contribution in [0.5, 0.6) is 0 Å². The van der Waals surface area contributed by atoms with Gasteiger partial charge in [-0.25, -0.2) is 9.97 Å². The van der Waals surface area contributed by atoms with E-state index in [1.54, 1.807) is 0 Å². The highest BCUT2D eigenvalue weighted by Gasteiger charge is 2.06. The smallest absolute Gasteiger partial charge is 0.225 e. The quantitative estimate of drug-likeness (QED) is 0.617. The highest BCUT2D eigenvalue weighted by molar-refractivity contribution is 6.19. The minimum atomic E-state index is -0.110. The molecule has 0 aliphatic carbocycles. The number of nitrogens with zero attached hydrogens (tertiary/aromatic N) is 2. The first-order chi connectivity index (χ1) is 12.6. The maximum atomic E-state index is 11.7. The summed E-state index contributed by atoms with van der Waals surface area (Å²) in [7, 11) is 0. The van der Waals surface area contributed by atoms with Crippen LogP contribution in [0.4, 0.5) is 17.2 Å². The third-order valence-corrected chi connectivity index (χ3v) is 3.84. The Balaban J connectivity index is 1.81. The average Bonchev–Trinajstić information content (AvgIpc) is 2.62. The number of amides is 1. The van der Waals surface area contributed by atoms with Crippen LogP contribution in [-0.4, -0.2) is 21.8 Å². The van der Waals surface area contributed by atoms with Gasteiger partial charge >= 0.3 is 0 Å². The molecule has 2 aromatic carbocycles. The van der Waals surface area contributed by atoms with Crippen molar-refractivity contribution in [3.05, 3.63) is 66.5 Å². The minimum Gasteiger partial charge on any atom is -0.340 e. The molecule has 0 spiro atoms. The molecule has 6 heteroatoms. The SMILES string of the molecule is Cc1nc(Nc2cccc(NC(=O)CCCl)c2)cc(-c2ccccc2)n1. The first-order valence-electron chi connectivity index (χ1n) is 8.28. The monoisotopic (exact) mass is 366 g/mol. The maximum Gasteiger partial charge on any atom is 0.225 e. The third kappa shape index (κ3) is 4.80. The van der Waals surface area contributed by atoms with Crippen LogP contribution in [0.2, 0.25) is 0 Å². The summed E-state index contributed by atoms with van der Waals surface area (Å²) in [6.07, 6.45) is 0.282. The summed E-state index contributed by atoms with van der Waals surface area (Å²) < 4.78 is 0. The zero-order valence-corrected chi connectivity index (χ0v) is 15.1. The number of nitrogens with one attached hydrogen (secondary N) is 2. The Morgan fingerprint density at radius 2 is 1.77 bits per heavy atom. The number of halogens is 1. The molecule has 0 aliphatic rings. The summed E-state index contributed by atoms with van der Waals surface area (Å²) in [5.74, 6) is 1.56. The Bertz CT molecular complexity index is 899. The molecule has 0 fully saturated rings.